The Morgan fingerprint density at radius 2 is 1.39 bits per heavy atom. The van der Waals surface area contributed by atoms with Crippen molar-refractivity contribution in [3.63, 3.8) is 0 Å². The normalized spacial score (nSPS) is 18.0. The Balaban J connectivity index is 0.00000442. The summed E-state index contributed by atoms with van der Waals surface area (Å²) in [5, 5.41) is 11.4. The fourth-order valence-electron chi connectivity index (χ4n) is 6.20. The molecule has 0 aliphatic carbocycles. The highest BCUT2D eigenvalue weighted by atomic mass is 35.5. The number of halogens is 1. The van der Waals surface area contributed by atoms with Gasteiger partial charge >= 0.3 is 12.0 Å². The van der Waals surface area contributed by atoms with E-state index in [2.05, 4.69) is 9.80 Å². The van der Waals surface area contributed by atoms with E-state index in [1.807, 2.05) is 36.4 Å². The van der Waals surface area contributed by atoms with Crippen molar-refractivity contribution >= 4 is 36.0 Å². The molecule has 234 valence electrons. The van der Waals surface area contributed by atoms with Crippen molar-refractivity contribution < 1.29 is 29.0 Å². The Kier molecular flexibility index (Phi) is 10.5. The van der Waals surface area contributed by atoms with Crippen LogP contribution in [0.25, 0.3) is 0 Å². The number of piperazine rings is 1. The lowest BCUT2D eigenvalue weighted by atomic mass is 9.81. The number of aliphatic hydroxyl groups excluding tert-OH is 1. The molecule has 2 unspecified atom stereocenters. The molecule has 0 aromatic heterocycles. The second kappa shape index (κ2) is 14.1. The van der Waals surface area contributed by atoms with Crippen LogP contribution in [0.2, 0.25) is 0 Å². The zero-order chi connectivity index (χ0) is 30.6. The van der Waals surface area contributed by atoms with E-state index < -0.39 is 35.6 Å². The van der Waals surface area contributed by atoms with Crippen LogP contribution in [0.5, 0.6) is 5.75 Å². The highest BCUT2D eigenvalue weighted by Crippen LogP contribution is 2.44. The van der Waals surface area contributed by atoms with E-state index in [0.29, 0.717) is 30.8 Å². The summed E-state index contributed by atoms with van der Waals surface area (Å²) in [6.45, 7) is 4.57. The molecule has 2 atom stereocenters. The summed E-state index contributed by atoms with van der Waals surface area (Å²) in [5.74, 6) is -0.449. The molecule has 0 radical (unpaired) electrons. The molecular formula is C33H39ClN4O6. The topological polar surface area (TPSA) is 103 Å². The summed E-state index contributed by atoms with van der Waals surface area (Å²) >= 11 is 0. The molecule has 5 rings (SSSR count). The van der Waals surface area contributed by atoms with Gasteiger partial charge in [-0.3, -0.25) is 14.6 Å². The van der Waals surface area contributed by atoms with E-state index in [0.717, 1.165) is 29.4 Å². The van der Waals surface area contributed by atoms with Gasteiger partial charge in [-0.15, -0.1) is 12.4 Å². The van der Waals surface area contributed by atoms with Crippen molar-refractivity contribution in [3.05, 3.63) is 96.1 Å². The molecule has 3 amide bonds. The first-order valence-corrected chi connectivity index (χ1v) is 14.5. The SMILES string of the molecule is COC(=O)C(C)N1C(=O)N(CC(O)CN2CCN(c3ccccc3OC)CC2)C(c2ccccc2)(c2ccccc2)C1=O.Cl. The Bertz CT molecular complexity index is 1390. The summed E-state index contributed by atoms with van der Waals surface area (Å²) in [5.41, 5.74) is 0.584. The van der Waals surface area contributed by atoms with Crippen LogP contribution in [-0.4, -0.2) is 103 Å². The van der Waals surface area contributed by atoms with Crippen molar-refractivity contribution in [3.8, 4) is 5.75 Å². The number of urea groups is 1. The van der Waals surface area contributed by atoms with E-state index in [1.54, 1.807) is 55.6 Å². The van der Waals surface area contributed by atoms with Gasteiger partial charge in [-0.2, -0.15) is 0 Å². The van der Waals surface area contributed by atoms with Gasteiger partial charge in [0.1, 0.15) is 11.8 Å². The number of ether oxygens (including phenoxy) is 2. The first kappa shape index (κ1) is 32.8. The number of amides is 3. The number of β-amino-alcohol motifs (C(OH)–C–C–N with tert-alkyl or cyclic N) is 1. The molecule has 10 nitrogen and oxygen atoms in total. The molecule has 11 heteroatoms. The summed E-state index contributed by atoms with van der Waals surface area (Å²) in [7, 11) is 2.88. The fourth-order valence-corrected chi connectivity index (χ4v) is 6.20. The summed E-state index contributed by atoms with van der Waals surface area (Å²) in [6.07, 6.45) is -0.963. The lowest BCUT2D eigenvalue weighted by Crippen LogP contribution is -2.53. The van der Waals surface area contributed by atoms with Gasteiger partial charge in [-0.05, 0) is 30.2 Å². The number of hydrogen-bond acceptors (Lipinski definition) is 8. The van der Waals surface area contributed by atoms with E-state index in [1.165, 1.54) is 18.9 Å². The smallest absolute Gasteiger partial charge is 0.329 e. The van der Waals surface area contributed by atoms with E-state index in [9.17, 15) is 19.5 Å². The van der Waals surface area contributed by atoms with Crippen LogP contribution in [0.3, 0.4) is 0 Å². The van der Waals surface area contributed by atoms with Gasteiger partial charge < -0.3 is 19.5 Å². The number of rotatable bonds is 10. The van der Waals surface area contributed by atoms with Gasteiger partial charge in [-0.25, -0.2) is 14.5 Å². The maximum Gasteiger partial charge on any atom is 0.329 e. The van der Waals surface area contributed by atoms with Gasteiger partial charge in [0.25, 0.3) is 5.91 Å². The lowest BCUT2D eigenvalue weighted by molar-refractivity contribution is -0.149. The highest BCUT2D eigenvalue weighted by Gasteiger charge is 2.61. The molecule has 1 N–H and O–H groups in total. The minimum absolute atomic E-state index is 0. The van der Waals surface area contributed by atoms with E-state index in [4.69, 9.17) is 9.47 Å². The zero-order valence-electron chi connectivity index (χ0n) is 25.2. The van der Waals surface area contributed by atoms with Gasteiger partial charge in [0.2, 0.25) is 0 Å². The molecule has 3 aromatic carbocycles. The predicted molar refractivity (Wildman–Crippen MR) is 169 cm³/mol. The summed E-state index contributed by atoms with van der Waals surface area (Å²) in [6, 6.07) is 24.2. The Morgan fingerprint density at radius 3 is 1.93 bits per heavy atom. The Labute approximate surface area is 264 Å². The minimum atomic E-state index is -1.58. The third kappa shape index (κ3) is 5.97. The number of hydrogen-bond donors (Lipinski definition) is 1. The minimum Gasteiger partial charge on any atom is -0.495 e. The molecule has 2 fully saturated rings. The van der Waals surface area contributed by atoms with Crippen LogP contribution in [-0.2, 0) is 19.9 Å². The number of benzene rings is 3. The predicted octanol–water partition coefficient (Wildman–Crippen LogP) is 3.37. The van der Waals surface area contributed by atoms with Crippen molar-refractivity contribution in [1.82, 2.24) is 14.7 Å². The second-order valence-corrected chi connectivity index (χ2v) is 10.8. The number of methoxy groups -OCH3 is 2. The highest BCUT2D eigenvalue weighted by molar-refractivity contribution is 6.11. The molecule has 0 saturated carbocycles. The molecule has 2 aliphatic rings. The maximum atomic E-state index is 14.5. The average molecular weight is 623 g/mol. The standard InChI is InChI=1S/C33H38N4O6.ClH/c1-24(30(39)43-3)37-31(40)33(25-12-6-4-7-13-25,26-14-8-5-9-15-26)36(32(37)41)23-27(38)22-34-18-20-35(21-19-34)28-16-10-11-17-29(28)42-2;/h4-17,24,27,38H,18-23H2,1-3H3;1H. The number of nitrogens with zero attached hydrogens (tertiary/aromatic N) is 4. The van der Waals surface area contributed by atoms with Crippen LogP contribution in [0.15, 0.2) is 84.9 Å². The van der Waals surface area contributed by atoms with E-state index in [-0.39, 0.29) is 19.0 Å². The van der Waals surface area contributed by atoms with Crippen LogP contribution in [0.4, 0.5) is 10.5 Å². The van der Waals surface area contributed by atoms with Crippen LogP contribution in [0.1, 0.15) is 18.1 Å². The molecule has 2 heterocycles. The third-order valence-electron chi connectivity index (χ3n) is 8.34. The first-order valence-electron chi connectivity index (χ1n) is 14.5. The molecule has 44 heavy (non-hydrogen) atoms. The quantitative estimate of drug-likeness (QED) is 0.271. The molecular weight excluding hydrogens is 584 g/mol. The molecule has 2 saturated heterocycles. The number of aliphatic hydroxyl groups is 1. The van der Waals surface area contributed by atoms with Gasteiger partial charge in [0.05, 0.1) is 32.6 Å². The first-order chi connectivity index (χ1) is 20.8. The van der Waals surface area contributed by atoms with Crippen molar-refractivity contribution in [2.75, 3.05) is 58.4 Å². The number of carbonyl (C=O) groups excluding carboxylic acids is 3. The van der Waals surface area contributed by atoms with E-state index >= 15 is 0 Å². The summed E-state index contributed by atoms with van der Waals surface area (Å²) < 4.78 is 10.4. The Morgan fingerprint density at radius 1 is 0.841 bits per heavy atom. The van der Waals surface area contributed by atoms with Crippen LogP contribution < -0.4 is 9.64 Å². The largest absolute Gasteiger partial charge is 0.495 e. The number of imide groups is 1. The fraction of sp³-hybridized carbons (Fsp3) is 0.364. The number of esters is 1. The number of carbonyl (C=O) groups is 3. The van der Waals surface area contributed by atoms with Crippen molar-refractivity contribution in [2.45, 2.75) is 24.6 Å². The van der Waals surface area contributed by atoms with Crippen molar-refractivity contribution in [1.29, 1.82) is 0 Å². The average Bonchev–Trinajstić information content (AvgIpc) is 3.26. The van der Waals surface area contributed by atoms with Crippen LogP contribution >= 0.6 is 12.4 Å². The summed E-state index contributed by atoms with van der Waals surface area (Å²) in [4.78, 5) is 47.9. The zero-order valence-corrected chi connectivity index (χ0v) is 26.0. The molecule has 2 aliphatic heterocycles. The Hall–Kier alpha value is -4.12. The molecule has 0 bridgehead atoms. The molecule has 3 aromatic rings. The number of anilines is 1. The van der Waals surface area contributed by atoms with Gasteiger partial charge in [0.15, 0.2) is 5.54 Å². The maximum absolute atomic E-state index is 14.5. The molecule has 0 spiro atoms. The third-order valence-corrected chi connectivity index (χ3v) is 8.34. The van der Waals surface area contributed by atoms with Gasteiger partial charge in [-0.1, -0.05) is 72.8 Å². The van der Waals surface area contributed by atoms with Gasteiger partial charge in [0, 0.05) is 32.7 Å². The second-order valence-electron chi connectivity index (χ2n) is 10.8. The monoisotopic (exact) mass is 622 g/mol. The number of para-hydroxylation sites is 2. The van der Waals surface area contributed by atoms with Crippen molar-refractivity contribution in [2.24, 2.45) is 0 Å². The lowest BCUT2D eigenvalue weighted by Gasteiger charge is -2.39. The van der Waals surface area contributed by atoms with Crippen LogP contribution in [0, 0.1) is 0 Å².